The van der Waals surface area contributed by atoms with Crippen molar-refractivity contribution in [2.45, 2.75) is 39.3 Å². The summed E-state index contributed by atoms with van der Waals surface area (Å²) in [5.74, 6) is -0.413. The van der Waals surface area contributed by atoms with E-state index in [1.165, 1.54) is 5.56 Å². The maximum absolute atomic E-state index is 12.3. The molecule has 22 heavy (non-hydrogen) atoms. The fourth-order valence-corrected chi connectivity index (χ4v) is 2.80. The third-order valence-electron chi connectivity index (χ3n) is 4.37. The van der Waals surface area contributed by atoms with Gasteiger partial charge in [0, 0.05) is 13.1 Å². The average molecular weight is 303 g/mol. The number of carbonyl (C=O) groups excluding carboxylic acids is 2. The molecule has 3 N–H and O–H groups in total. The van der Waals surface area contributed by atoms with E-state index in [0.29, 0.717) is 13.1 Å². The summed E-state index contributed by atoms with van der Waals surface area (Å²) in [7, 11) is 0. The Labute approximate surface area is 131 Å². The van der Waals surface area contributed by atoms with E-state index >= 15 is 0 Å². The zero-order valence-corrected chi connectivity index (χ0v) is 13.3. The highest BCUT2D eigenvalue weighted by atomic mass is 16.2. The van der Waals surface area contributed by atoms with Gasteiger partial charge in [0.2, 0.25) is 11.8 Å². The molecule has 2 unspecified atom stereocenters. The molecule has 1 fully saturated rings. The second-order valence-electron chi connectivity index (χ2n) is 6.12. The largest absolute Gasteiger partial charge is 0.369 e. The van der Waals surface area contributed by atoms with Crippen LogP contribution in [0.1, 0.15) is 30.9 Å². The van der Waals surface area contributed by atoms with Gasteiger partial charge in [0.05, 0.1) is 12.0 Å². The fraction of sp³-hybridized carbons (Fsp3) is 0.529. The zero-order valence-electron chi connectivity index (χ0n) is 13.3. The van der Waals surface area contributed by atoms with E-state index in [2.05, 4.69) is 5.32 Å². The van der Waals surface area contributed by atoms with Gasteiger partial charge in [0.15, 0.2) is 0 Å². The first-order chi connectivity index (χ1) is 10.5. The minimum Gasteiger partial charge on any atom is -0.369 e. The molecule has 1 aromatic rings. The molecule has 5 heteroatoms. The van der Waals surface area contributed by atoms with Crippen molar-refractivity contribution >= 4 is 11.8 Å². The quantitative estimate of drug-likeness (QED) is 0.858. The van der Waals surface area contributed by atoms with Gasteiger partial charge in [-0.1, -0.05) is 29.8 Å². The Hall–Kier alpha value is -1.88. The number of hydrogen-bond donors (Lipinski definition) is 2. The van der Waals surface area contributed by atoms with Crippen LogP contribution >= 0.6 is 0 Å². The Morgan fingerprint density at radius 2 is 2.05 bits per heavy atom. The molecule has 0 saturated carbocycles. The number of aryl methyl sites for hydroxylation is 1. The molecule has 1 saturated heterocycles. The predicted molar refractivity (Wildman–Crippen MR) is 86.0 cm³/mol. The molecular formula is C17H25N3O2. The Balaban J connectivity index is 1.86. The van der Waals surface area contributed by atoms with Gasteiger partial charge in [-0.3, -0.25) is 14.5 Å². The van der Waals surface area contributed by atoms with Crippen LogP contribution in [0.5, 0.6) is 0 Å². The summed E-state index contributed by atoms with van der Waals surface area (Å²) in [6, 6.07) is 7.86. The van der Waals surface area contributed by atoms with Gasteiger partial charge in [-0.05, 0) is 38.8 Å². The topological polar surface area (TPSA) is 75.4 Å². The molecular weight excluding hydrogens is 278 g/mol. The highest BCUT2D eigenvalue weighted by Crippen LogP contribution is 2.18. The standard InChI is InChI=1S/C17H25N3O2/c1-12-5-7-14(8-6-12)10-19-17(22)13(2)20-9-3-4-15(11-20)16(18)21/h5-8,13,15H,3-4,9-11H2,1-2H3,(H2,18,21)(H,19,22). The Kier molecular flexibility index (Phi) is 5.55. The van der Waals surface area contributed by atoms with E-state index in [9.17, 15) is 9.59 Å². The number of amides is 2. The van der Waals surface area contributed by atoms with Crippen molar-refractivity contribution in [2.24, 2.45) is 11.7 Å². The molecule has 0 aromatic heterocycles. The van der Waals surface area contributed by atoms with Crippen LogP contribution in [0.2, 0.25) is 0 Å². The fourth-order valence-electron chi connectivity index (χ4n) is 2.80. The van der Waals surface area contributed by atoms with Gasteiger partial charge in [-0.2, -0.15) is 0 Å². The van der Waals surface area contributed by atoms with Crippen molar-refractivity contribution < 1.29 is 9.59 Å². The summed E-state index contributed by atoms with van der Waals surface area (Å²) in [4.78, 5) is 25.7. The van der Waals surface area contributed by atoms with E-state index < -0.39 is 0 Å². The summed E-state index contributed by atoms with van der Waals surface area (Å²) >= 11 is 0. The first kappa shape index (κ1) is 16.5. The number of benzene rings is 1. The van der Waals surface area contributed by atoms with Crippen LogP contribution in [0, 0.1) is 12.8 Å². The lowest BCUT2D eigenvalue weighted by atomic mass is 9.96. The molecule has 0 spiro atoms. The lowest BCUT2D eigenvalue weighted by Crippen LogP contribution is -2.50. The number of nitrogens with zero attached hydrogens (tertiary/aromatic N) is 1. The minimum atomic E-state index is -0.267. The first-order valence-electron chi connectivity index (χ1n) is 7.84. The van der Waals surface area contributed by atoms with Gasteiger partial charge >= 0.3 is 0 Å². The number of likely N-dealkylation sites (tertiary alicyclic amines) is 1. The number of rotatable bonds is 5. The average Bonchev–Trinajstić information content (AvgIpc) is 2.53. The molecule has 5 nitrogen and oxygen atoms in total. The molecule has 1 aliphatic rings. The molecule has 0 bridgehead atoms. The Morgan fingerprint density at radius 1 is 1.36 bits per heavy atom. The molecule has 1 aliphatic heterocycles. The summed E-state index contributed by atoms with van der Waals surface area (Å²) in [5, 5.41) is 2.96. The zero-order chi connectivity index (χ0) is 16.1. The van der Waals surface area contributed by atoms with Crippen molar-refractivity contribution in [3.05, 3.63) is 35.4 Å². The van der Waals surface area contributed by atoms with Crippen LogP contribution in [0.25, 0.3) is 0 Å². The van der Waals surface area contributed by atoms with Crippen molar-refractivity contribution in [2.75, 3.05) is 13.1 Å². The van der Waals surface area contributed by atoms with Crippen LogP contribution < -0.4 is 11.1 Å². The molecule has 0 aliphatic carbocycles. The lowest BCUT2D eigenvalue weighted by Gasteiger charge is -2.34. The summed E-state index contributed by atoms with van der Waals surface area (Å²) < 4.78 is 0. The van der Waals surface area contributed by atoms with Crippen molar-refractivity contribution in [3.8, 4) is 0 Å². The lowest BCUT2D eigenvalue weighted by molar-refractivity contribution is -0.129. The molecule has 0 radical (unpaired) electrons. The maximum atomic E-state index is 12.3. The number of nitrogens with one attached hydrogen (secondary N) is 1. The number of carbonyl (C=O) groups is 2. The third kappa shape index (κ3) is 4.31. The van der Waals surface area contributed by atoms with Crippen LogP contribution in [-0.4, -0.2) is 35.8 Å². The summed E-state index contributed by atoms with van der Waals surface area (Å²) in [6.45, 7) is 5.86. The van der Waals surface area contributed by atoms with Crippen LogP contribution in [0.4, 0.5) is 0 Å². The van der Waals surface area contributed by atoms with Gasteiger partial charge < -0.3 is 11.1 Å². The second kappa shape index (κ2) is 7.40. The third-order valence-corrected chi connectivity index (χ3v) is 4.37. The van der Waals surface area contributed by atoms with Gasteiger partial charge in [0.1, 0.15) is 0 Å². The van der Waals surface area contributed by atoms with Crippen LogP contribution in [0.3, 0.4) is 0 Å². The first-order valence-corrected chi connectivity index (χ1v) is 7.84. The second-order valence-corrected chi connectivity index (χ2v) is 6.12. The van der Waals surface area contributed by atoms with E-state index in [0.717, 1.165) is 24.9 Å². The highest BCUT2D eigenvalue weighted by Gasteiger charge is 2.29. The van der Waals surface area contributed by atoms with E-state index in [4.69, 9.17) is 5.73 Å². The summed E-state index contributed by atoms with van der Waals surface area (Å²) in [5.41, 5.74) is 7.67. The van der Waals surface area contributed by atoms with E-state index in [1.807, 2.05) is 43.0 Å². The SMILES string of the molecule is Cc1ccc(CNC(=O)C(C)N2CCCC(C(N)=O)C2)cc1. The molecule has 2 atom stereocenters. The molecule has 1 aromatic carbocycles. The van der Waals surface area contributed by atoms with E-state index in [-0.39, 0.29) is 23.8 Å². The van der Waals surface area contributed by atoms with Crippen molar-refractivity contribution in [1.82, 2.24) is 10.2 Å². The van der Waals surface area contributed by atoms with Gasteiger partial charge in [-0.25, -0.2) is 0 Å². The normalized spacial score (nSPS) is 20.4. The summed E-state index contributed by atoms with van der Waals surface area (Å²) in [6.07, 6.45) is 1.73. The van der Waals surface area contributed by atoms with Crippen LogP contribution in [0.15, 0.2) is 24.3 Å². The highest BCUT2D eigenvalue weighted by molar-refractivity contribution is 5.81. The maximum Gasteiger partial charge on any atom is 0.237 e. The Bertz CT molecular complexity index is 527. The molecule has 2 amide bonds. The Morgan fingerprint density at radius 3 is 2.68 bits per heavy atom. The number of piperidine rings is 1. The van der Waals surface area contributed by atoms with Crippen LogP contribution in [-0.2, 0) is 16.1 Å². The predicted octanol–water partition coefficient (Wildman–Crippen LogP) is 1.20. The molecule has 120 valence electrons. The number of primary amides is 1. The molecule has 2 rings (SSSR count). The number of hydrogen-bond acceptors (Lipinski definition) is 3. The monoisotopic (exact) mass is 303 g/mol. The van der Waals surface area contributed by atoms with E-state index in [1.54, 1.807) is 0 Å². The minimum absolute atomic E-state index is 0.00862. The van der Waals surface area contributed by atoms with Crippen molar-refractivity contribution in [3.63, 3.8) is 0 Å². The molecule has 1 heterocycles. The smallest absolute Gasteiger partial charge is 0.237 e. The van der Waals surface area contributed by atoms with Gasteiger partial charge in [-0.15, -0.1) is 0 Å². The van der Waals surface area contributed by atoms with Crippen molar-refractivity contribution in [1.29, 1.82) is 0 Å². The van der Waals surface area contributed by atoms with Gasteiger partial charge in [0.25, 0.3) is 0 Å². The number of nitrogens with two attached hydrogens (primary N) is 1.